The van der Waals surface area contributed by atoms with Crippen molar-refractivity contribution < 1.29 is 13.5 Å². The predicted molar refractivity (Wildman–Crippen MR) is 70.5 cm³/mol. The van der Waals surface area contributed by atoms with Crippen LogP contribution in [0.15, 0.2) is 23.1 Å². The summed E-state index contributed by atoms with van der Waals surface area (Å²) in [6.45, 7) is 0.596. The molecule has 1 aliphatic heterocycles. The lowest BCUT2D eigenvalue weighted by molar-refractivity contribution is 0.113. The van der Waals surface area contributed by atoms with Crippen molar-refractivity contribution in [2.45, 2.75) is 23.8 Å². The average Bonchev–Trinajstić information content (AvgIpc) is 2.33. The molecule has 4 nitrogen and oxygen atoms in total. The number of hydrogen-bond donors (Lipinski definition) is 1. The van der Waals surface area contributed by atoms with Crippen molar-refractivity contribution in [1.29, 1.82) is 0 Å². The van der Waals surface area contributed by atoms with E-state index in [9.17, 15) is 13.5 Å². The van der Waals surface area contributed by atoms with Gasteiger partial charge in [0.2, 0.25) is 10.0 Å². The summed E-state index contributed by atoms with van der Waals surface area (Å²) in [5, 5.41) is 9.66. The van der Waals surface area contributed by atoms with Gasteiger partial charge in [0.05, 0.1) is 16.1 Å². The molecule has 0 aliphatic carbocycles. The normalized spacial score (nSPS) is 19.1. The highest BCUT2D eigenvalue weighted by atomic mass is 35.5. The van der Waals surface area contributed by atoms with Crippen LogP contribution in [0.2, 0.25) is 10.0 Å². The number of hydrogen-bond acceptors (Lipinski definition) is 3. The number of aliphatic hydroxyl groups excluding tert-OH is 1. The summed E-state index contributed by atoms with van der Waals surface area (Å²) in [5.41, 5.74) is 0. The standard InChI is InChI=1S/C11H13Cl2NO3S/c12-9-2-1-3-10(11(9)13)18(16,17)14-6-4-8(15)5-7-14/h1-3,8,15H,4-7H2. The highest BCUT2D eigenvalue weighted by Crippen LogP contribution is 2.31. The highest BCUT2D eigenvalue weighted by Gasteiger charge is 2.30. The summed E-state index contributed by atoms with van der Waals surface area (Å²) in [6.07, 6.45) is 0.459. The molecule has 0 saturated carbocycles. The Morgan fingerprint density at radius 1 is 1.22 bits per heavy atom. The number of halogens is 2. The van der Waals surface area contributed by atoms with Crippen LogP contribution in [0.5, 0.6) is 0 Å². The lowest BCUT2D eigenvalue weighted by Gasteiger charge is -2.29. The zero-order valence-electron chi connectivity index (χ0n) is 9.51. The van der Waals surface area contributed by atoms with Crippen LogP contribution >= 0.6 is 23.2 Å². The Morgan fingerprint density at radius 2 is 1.83 bits per heavy atom. The Hall–Kier alpha value is -0.330. The second kappa shape index (κ2) is 5.35. The number of piperidine rings is 1. The van der Waals surface area contributed by atoms with Crippen molar-refractivity contribution in [3.05, 3.63) is 28.2 Å². The van der Waals surface area contributed by atoms with E-state index < -0.39 is 16.1 Å². The van der Waals surface area contributed by atoms with Crippen molar-refractivity contribution in [3.8, 4) is 0 Å². The first kappa shape index (κ1) is 14.1. The van der Waals surface area contributed by atoms with Gasteiger partial charge >= 0.3 is 0 Å². The first-order valence-electron chi connectivity index (χ1n) is 5.55. The van der Waals surface area contributed by atoms with Gasteiger partial charge in [-0.05, 0) is 25.0 Å². The molecule has 1 aliphatic rings. The van der Waals surface area contributed by atoms with E-state index in [1.807, 2.05) is 0 Å². The van der Waals surface area contributed by atoms with E-state index in [1.54, 1.807) is 12.1 Å². The molecular weight excluding hydrogens is 297 g/mol. The average molecular weight is 310 g/mol. The van der Waals surface area contributed by atoms with Crippen molar-refractivity contribution in [1.82, 2.24) is 4.31 Å². The maximum Gasteiger partial charge on any atom is 0.244 e. The zero-order valence-corrected chi connectivity index (χ0v) is 11.8. The summed E-state index contributed by atoms with van der Waals surface area (Å²) < 4.78 is 26.1. The molecule has 0 unspecified atom stereocenters. The van der Waals surface area contributed by atoms with Crippen LogP contribution in [-0.4, -0.2) is 37.0 Å². The number of nitrogens with zero attached hydrogens (tertiary/aromatic N) is 1. The van der Waals surface area contributed by atoms with Crippen LogP contribution in [-0.2, 0) is 10.0 Å². The Kier molecular flexibility index (Phi) is 4.18. The molecule has 7 heteroatoms. The number of benzene rings is 1. The largest absolute Gasteiger partial charge is 0.393 e. The quantitative estimate of drug-likeness (QED) is 0.910. The van der Waals surface area contributed by atoms with Gasteiger partial charge < -0.3 is 5.11 Å². The van der Waals surface area contributed by atoms with E-state index in [4.69, 9.17) is 23.2 Å². The molecule has 100 valence electrons. The minimum absolute atomic E-state index is 0.0213. The van der Waals surface area contributed by atoms with Gasteiger partial charge in [0.1, 0.15) is 4.90 Å². The lowest BCUT2D eigenvalue weighted by atomic mass is 10.1. The molecule has 1 fully saturated rings. The van der Waals surface area contributed by atoms with Crippen molar-refractivity contribution in [3.63, 3.8) is 0 Å². The predicted octanol–water partition coefficient (Wildman–Crippen LogP) is 2.14. The Labute approximate surface area is 116 Å². The van der Waals surface area contributed by atoms with Gasteiger partial charge in [-0.3, -0.25) is 0 Å². The lowest BCUT2D eigenvalue weighted by Crippen LogP contribution is -2.40. The smallest absolute Gasteiger partial charge is 0.244 e. The molecule has 1 aromatic carbocycles. The van der Waals surface area contributed by atoms with E-state index in [0.29, 0.717) is 25.9 Å². The number of rotatable bonds is 2. The van der Waals surface area contributed by atoms with Crippen molar-refractivity contribution in [2.75, 3.05) is 13.1 Å². The van der Waals surface area contributed by atoms with Crippen LogP contribution in [0.1, 0.15) is 12.8 Å². The molecule has 0 bridgehead atoms. The monoisotopic (exact) mass is 309 g/mol. The zero-order chi connectivity index (χ0) is 13.3. The van der Waals surface area contributed by atoms with Gasteiger partial charge in [-0.1, -0.05) is 29.3 Å². The maximum absolute atomic E-state index is 12.4. The fraction of sp³-hybridized carbons (Fsp3) is 0.455. The SMILES string of the molecule is O=S(=O)(c1cccc(Cl)c1Cl)N1CCC(O)CC1. The van der Waals surface area contributed by atoms with E-state index in [2.05, 4.69) is 0 Å². The van der Waals surface area contributed by atoms with Gasteiger partial charge in [0.25, 0.3) is 0 Å². The van der Waals surface area contributed by atoms with Gasteiger partial charge in [0.15, 0.2) is 0 Å². The summed E-state index contributed by atoms with van der Waals surface area (Å²) in [4.78, 5) is 0.0213. The van der Waals surface area contributed by atoms with Gasteiger partial charge in [-0.25, -0.2) is 8.42 Å². The van der Waals surface area contributed by atoms with E-state index in [-0.39, 0.29) is 14.9 Å². The molecule has 2 rings (SSSR count). The Balaban J connectivity index is 2.34. The van der Waals surface area contributed by atoms with Crippen molar-refractivity contribution >= 4 is 33.2 Å². The summed E-state index contributed by atoms with van der Waals surface area (Å²) in [5.74, 6) is 0. The molecule has 0 atom stereocenters. The van der Waals surface area contributed by atoms with E-state index in [0.717, 1.165) is 0 Å². The topological polar surface area (TPSA) is 57.6 Å². The Morgan fingerprint density at radius 3 is 2.44 bits per heavy atom. The van der Waals surface area contributed by atoms with E-state index >= 15 is 0 Å². The molecular formula is C11H13Cl2NO3S. The Bertz CT molecular complexity index is 539. The van der Waals surface area contributed by atoms with Gasteiger partial charge in [-0.15, -0.1) is 0 Å². The van der Waals surface area contributed by atoms with Crippen LogP contribution < -0.4 is 0 Å². The molecule has 0 aromatic heterocycles. The van der Waals surface area contributed by atoms with Crippen LogP contribution in [0.4, 0.5) is 0 Å². The number of sulfonamides is 1. The van der Waals surface area contributed by atoms with Crippen molar-refractivity contribution in [2.24, 2.45) is 0 Å². The van der Waals surface area contributed by atoms with E-state index in [1.165, 1.54) is 10.4 Å². The minimum atomic E-state index is -3.63. The third-order valence-corrected chi connectivity index (χ3v) is 5.83. The third-order valence-electron chi connectivity index (χ3n) is 2.96. The second-order valence-corrected chi connectivity index (χ2v) is 6.88. The van der Waals surface area contributed by atoms with Gasteiger partial charge in [-0.2, -0.15) is 4.31 Å². The fourth-order valence-electron chi connectivity index (χ4n) is 1.90. The minimum Gasteiger partial charge on any atom is -0.393 e. The van der Waals surface area contributed by atoms with Crippen LogP contribution in [0, 0.1) is 0 Å². The highest BCUT2D eigenvalue weighted by molar-refractivity contribution is 7.89. The molecule has 0 amide bonds. The molecule has 18 heavy (non-hydrogen) atoms. The van der Waals surface area contributed by atoms with Crippen LogP contribution in [0.3, 0.4) is 0 Å². The second-order valence-electron chi connectivity index (χ2n) is 4.19. The maximum atomic E-state index is 12.4. The number of aliphatic hydroxyl groups is 1. The summed E-state index contributed by atoms with van der Waals surface area (Å²) in [7, 11) is -3.63. The first-order chi connectivity index (χ1) is 8.43. The van der Waals surface area contributed by atoms with Crippen LogP contribution in [0.25, 0.3) is 0 Å². The molecule has 1 saturated heterocycles. The molecule has 0 radical (unpaired) electrons. The molecule has 1 aromatic rings. The molecule has 1 N–H and O–H groups in total. The fourth-order valence-corrected chi connectivity index (χ4v) is 4.11. The first-order valence-corrected chi connectivity index (χ1v) is 7.75. The summed E-state index contributed by atoms with van der Waals surface area (Å²) in [6, 6.07) is 4.54. The molecule has 0 spiro atoms. The third kappa shape index (κ3) is 2.65. The van der Waals surface area contributed by atoms with Gasteiger partial charge in [0, 0.05) is 13.1 Å². The molecule has 1 heterocycles. The summed E-state index contributed by atoms with van der Waals surface area (Å²) >= 11 is 11.8.